The molecule has 0 aliphatic rings. The molecule has 0 atom stereocenters. The van der Waals surface area contributed by atoms with Gasteiger partial charge in [-0.3, -0.25) is 0 Å². The molecule has 0 saturated heterocycles. The molecule has 0 saturated carbocycles. The van der Waals surface area contributed by atoms with E-state index in [0.29, 0.717) is 23.6 Å². The van der Waals surface area contributed by atoms with Gasteiger partial charge in [0.25, 0.3) is 0 Å². The van der Waals surface area contributed by atoms with E-state index < -0.39 is 11.7 Å². The van der Waals surface area contributed by atoms with Gasteiger partial charge in [0.2, 0.25) is 0 Å². The zero-order valence-electron chi connectivity index (χ0n) is 9.58. The van der Waals surface area contributed by atoms with E-state index in [-0.39, 0.29) is 0 Å². The normalized spacial score (nSPS) is 11.8. The summed E-state index contributed by atoms with van der Waals surface area (Å²) in [6, 6.07) is 6.58. The average molecular weight is 256 g/mol. The summed E-state index contributed by atoms with van der Waals surface area (Å²) in [5.41, 5.74) is 0.302. The highest BCUT2D eigenvalue weighted by molar-refractivity contribution is 5.58. The van der Waals surface area contributed by atoms with Gasteiger partial charge in [0.05, 0.1) is 11.3 Å². The van der Waals surface area contributed by atoms with Crippen LogP contribution in [-0.4, -0.2) is 12.2 Å². The van der Waals surface area contributed by atoms with Gasteiger partial charge >= 0.3 is 6.18 Å². The first-order chi connectivity index (χ1) is 8.50. The Morgan fingerprint density at radius 2 is 2.06 bits per heavy atom. The third kappa shape index (κ3) is 2.70. The maximum Gasteiger partial charge on any atom is 0.416 e. The van der Waals surface area contributed by atoms with Gasteiger partial charge in [-0.2, -0.15) is 13.2 Å². The minimum absolute atomic E-state index is 0.325. The molecule has 0 unspecified atom stereocenters. The van der Waals surface area contributed by atoms with Crippen LogP contribution in [0.4, 0.5) is 13.2 Å². The van der Waals surface area contributed by atoms with Crippen LogP contribution < -0.4 is 5.32 Å². The van der Waals surface area contributed by atoms with Crippen LogP contribution in [0.2, 0.25) is 0 Å². The maximum absolute atomic E-state index is 12.6. The molecule has 0 spiro atoms. The number of nitrogens with one attached hydrogen (secondary N) is 1. The first-order valence-corrected chi connectivity index (χ1v) is 5.28. The van der Waals surface area contributed by atoms with Crippen LogP contribution in [0.15, 0.2) is 34.9 Å². The Bertz CT molecular complexity index is 534. The summed E-state index contributed by atoms with van der Waals surface area (Å²) in [5.74, 6) is 0.325. The van der Waals surface area contributed by atoms with Gasteiger partial charge < -0.3 is 9.84 Å². The number of rotatable bonds is 3. The van der Waals surface area contributed by atoms with Crippen molar-refractivity contribution in [2.75, 3.05) is 7.05 Å². The molecule has 2 aromatic rings. The second kappa shape index (κ2) is 4.81. The predicted molar refractivity (Wildman–Crippen MR) is 59.7 cm³/mol. The monoisotopic (exact) mass is 256 g/mol. The molecular weight excluding hydrogens is 245 g/mol. The lowest BCUT2D eigenvalue weighted by molar-refractivity contribution is -0.137. The lowest BCUT2D eigenvalue weighted by Crippen LogP contribution is -2.04. The number of alkyl halides is 3. The van der Waals surface area contributed by atoms with E-state index in [4.69, 9.17) is 4.52 Å². The van der Waals surface area contributed by atoms with Crippen molar-refractivity contribution in [1.82, 2.24) is 10.5 Å². The lowest BCUT2D eigenvalue weighted by Gasteiger charge is -2.06. The molecule has 0 amide bonds. The quantitative estimate of drug-likeness (QED) is 0.917. The molecule has 0 radical (unpaired) electrons. The smallest absolute Gasteiger partial charge is 0.356 e. The average Bonchev–Trinajstić information content (AvgIpc) is 2.77. The molecule has 1 aromatic carbocycles. The second-order valence-corrected chi connectivity index (χ2v) is 3.79. The topological polar surface area (TPSA) is 38.1 Å². The molecule has 0 aliphatic heterocycles. The van der Waals surface area contributed by atoms with E-state index >= 15 is 0 Å². The molecular formula is C12H11F3N2O. The number of halogens is 3. The fraction of sp³-hybridized carbons (Fsp3) is 0.250. The highest BCUT2D eigenvalue weighted by atomic mass is 19.4. The molecule has 6 heteroatoms. The van der Waals surface area contributed by atoms with Crippen LogP contribution in [0.25, 0.3) is 11.3 Å². The van der Waals surface area contributed by atoms with Gasteiger partial charge in [-0.1, -0.05) is 17.3 Å². The van der Waals surface area contributed by atoms with Gasteiger partial charge in [-0.15, -0.1) is 0 Å². The minimum atomic E-state index is -4.36. The van der Waals surface area contributed by atoms with Gasteiger partial charge in [0.15, 0.2) is 5.76 Å². The van der Waals surface area contributed by atoms with E-state index in [9.17, 15) is 13.2 Å². The Kier molecular flexibility index (Phi) is 3.38. The summed E-state index contributed by atoms with van der Waals surface area (Å²) in [6.45, 7) is 0.502. The van der Waals surface area contributed by atoms with Crippen LogP contribution in [0.5, 0.6) is 0 Å². The summed E-state index contributed by atoms with van der Waals surface area (Å²) in [5, 5.41) is 6.64. The maximum atomic E-state index is 12.6. The van der Waals surface area contributed by atoms with E-state index in [1.807, 2.05) is 0 Å². The van der Waals surface area contributed by atoms with Crippen molar-refractivity contribution in [2.45, 2.75) is 12.7 Å². The molecule has 2 rings (SSSR count). The Labute approximate surface area is 102 Å². The summed E-state index contributed by atoms with van der Waals surface area (Å²) in [4.78, 5) is 0. The van der Waals surface area contributed by atoms with E-state index in [2.05, 4.69) is 10.5 Å². The molecule has 0 fully saturated rings. The fourth-order valence-electron chi connectivity index (χ4n) is 1.56. The highest BCUT2D eigenvalue weighted by Crippen LogP contribution is 2.32. The van der Waals surface area contributed by atoms with Crippen molar-refractivity contribution in [3.05, 3.63) is 41.6 Å². The van der Waals surface area contributed by atoms with Crippen molar-refractivity contribution < 1.29 is 17.7 Å². The van der Waals surface area contributed by atoms with Gasteiger partial charge in [-0.25, -0.2) is 0 Å². The largest absolute Gasteiger partial charge is 0.416 e. The predicted octanol–water partition coefficient (Wildman–Crippen LogP) is 3.08. The van der Waals surface area contributed by atoms with E-state index in [0.717, 1.165) is 12.1 Å². The molecule has 18 heavy (non-hydrogen) atoms. The molecule has 1 heterocycles. The molecule has 0 aliphatic carbocycles. The van der Waals surface area contributed by atoms with Crippen LogP contribution in [0.1, 0.15) is 11.3 Å². The number of nitrogens with zero attached hydrogens (tertiary/aromatic N) is 1. The number of benzene rings is 1. The highest BCUT2D eigenvalue weighted by Gasteiger charge is 2.30. The van der Waals surface area contributed by atoms with Crippen LogP contribution in [0, 0.1) is 0 Å². The van der Waals surface area contributed by atoms with Gasteiger partial charge in [-0.05, 0) is 19.2 Å². The Morgan fingerprint density at radius 3 is 2.72 bits per heavy atom. The Balaban J connectivity index is 2.32. The van der Waals surface area contributed by atoms with Crippen molar-refractivity contribution in [3.63, 3.8) is 0 Å². The van der Waals surface area contributed by atoms with Gasteiger partial charge in [0, 0.05) is 18.2 Å². The van der Waals surface area contributed by atoms with Crippen molar-refractivity contribution in [3.8, 4) is 11.3 Å². The zero-order chi connectivity index (χ0) is 13.2. The Hall–Kier alpha value is -1.82. The Morgan fingerprint density at radius 1 is 1.28 bits per heavy atom. The second-order valence-electron chi connectivity index (χ2n) is 3.79. The first-order valence-electron chi connectivity index (χ1n) is 5.28. The van der Waals surface area contributed by atoms with Crippen LogP contribution >= 0.6 is 0 Å². The lowest BCUT2D eigenvalue weighted by atomic mass is 10.1. The van der Waals surface area contributed by atoms with Crippen LogP contribution in [-0.2, 0) is 12.7 Å². The van der Waals surface area contributed by atoms with Crippen molar-refractivity contribution in [2.24, 2.45) is 0 Å². The van der Waals surface area contributed by atoms with E-state index in [1.54, 1.807) is 19.2 Å². The van der Waals surface area contributed by atoms with Gasteiger partial charge in [0.1, 0.15) is 0 Å². The summed E-state index contributed by atoms with van der Waals surface area (Å²) < 4.78 is 42.7. The molecule has 0 bridgehead atoms. The standard InChI is InChI=1S/C12H11F3N2O/c1-16-7-10-6-11(18-17-10)8-3-2-4-9(5-8)12(13,14)15/h2-6,16H,7H2,1H3. The summed E-state index contributed by atoms with van der Waals surface area (Å²) >= 11 is 0. The fourth-order valence-corrected chi connectivity index (χ4v) is 1.56. The third-order valence-corrected chi connectivity index (χ3v) is 2.39. The zero-order valence-corrected chi connectivity index (χ0v) is 9.58. The molecule has 1 N–H and O–H groups in total. The summed E-state index contributed by atoms with van der Waals surface area (Å²) in [6.07, 6.45) is -4.36. The van der Waals surface area contributed by atoms with E-state index in [1.165, 1.54) is 6.07 Å². The third-order valence-electron chi connectivity index (χ3n) is 2.39. The van der Waals surface area contributed by atoms with Crippen LogP contribution in [0.3, 0.4) is 0 Å². The number of hydrogen-bond acceptors (Lipinski definition) is 3. The SMILES string of the molecule is CNCc1cc(-c2cccc(C(F)(F)F)c2)on1. The van der Waals surface area contributed by atoms with Crippen molar-refractivity contribution >= 4 is 0 Å². The number of aromatic nitrogens is 1. The molecule has 3 nitrogen and oxygen atoms in total. The minimum Gasteiger partial charge on any atom is -0.356 e. The van der Waals surface area contributed by atoms with Crippen molar-refractivity contribution in [1.29, 1.82) is 0 Å². The first kappa shape index (κ1) is 12.6. The summed E-state index contributed by atoms with van der Waals surface area (Å²) in [7, 11) is 1.75. The molecule has 1 aromatic heterocycles. The number of hydrogen-bond donors (Lipinski definition) is 1. The molecule has 96 valence electrons.